The number of benzene rings is 1. The Morgan fingerprint density at radius 1 is 1.25 bits per heavy atom. The van der Waals surface area contributed by atoms with Crippen LogP contribution in [-0.2, 0) is 9.53 Å². The van der Waals surface area contributed by atoms with Crippen LogP contribution in [0.3, 0.4) is 0 Å². The van der Waals surface area contributed by atoms with Crippen LogP contribution in [0, 0.1) is 0 Å². The van der Waals surface area contributed by atoms with Gasteiger partial charge in [0.1, 0.15) is 0 Å². The molecular weight excluding hydrogens is 334 g/mol. The number of rotatable bonds is 4. The van der Waals surface area contributed by atoms with Crippen LogP contribution < -0.4 is 9.47 Å². The second-order valence-electron chi connectivity index (χ2n) is 6.06. The molecule has 6 nitrogen and oxygen atoms in total. The maximum absolute atomic E-state index is 12.2. The Balaban J connectivity index is 1.57. The van der Waals surface area contributed by atoms with E-state index in [0.717, 1.165) is 25.7 Å². The van der Waals surface area contributed by atoms with Gasteiger partial charge in [0.15, 0.2) is 18.1 Å². The lowest BCUT2D eigenvalue weighted by Gasteiger charge is -2.31. The molecule has 2 aliphatic rings. The Kier molecular flexibility index (Phi) is 5.14. The van der Waals surface area contributed by atoms with Crippen LogP contribution in [0.2, 0.25) is 5.02 Å². The summed E-state index contributed by atoms with van der Waals surface area (Å²) in [7, 11) is 1.77. The van der Waals surface area contributed by atoms with Crippen LogP contribution in [0.25, 0.3) is 0 Å². The van der Waals surface area contributed by atoms with E-state index in [1.165, 1.54) is 18.6 Å². The number of amides is 1. The van der Waals surface area contributed by atoms with Crippen LogP contribution in [0.5, 0.6) is 11.5 Å². The molecule has 1 aromatic rings. The van der Waals surface area contributed by atoms with Crippen molar-refractivity contribution in [2.45, 2.75) is 38.1 Å². The van der Waals surface area contributed by atoms with Gasteiger partial charge in [0, 0.05) is 13.1 Å². The minimum atomic E-state index is -0.611. The molecule has 1 fully saturated rings. The van der Waals surface area contributed by atoms with E-state index in [-0.39, 0.29) is 35.9 Å². The van der Waals surface area contributed by atoms with Crippen LogP contribution in [0.15, 0.2) is 12.1 Å². The average Bonchev–Trinajstić information content (AvgIpc) is 3.08. The van der Waals surface area contributed by atoms with Gasteiger partial charge in [-0.25, -0.2) is 4.79 Å². The van der Waals surface area contributed by atoms with Crippen LogP contribution in [0.1, 0.15) is 42.5 Å². The van der Waals surface area contributed by atoms with Gasteiger partial charge in [0.2, 0.25) is 6.79 Å². The highest BCUT2D eigenvalue weighted by atomic mass is 35.5. The van der Waals surface area contributed by atoms with Gasteiger partial charge in [0.05, 0.1) is 10.6 Å². The van der Waals surface area contributed by atoms with Crippen LogP contribution in [-0.4, -0.2) is 43.3 Å². The lowest BCUT2D eigenvalue weighted by molar-refractivity contribution is -0.135. The molecule has 1 aromatic carbocycles. The van der Waals surface area contributed by atoms with E-state index >= 15 is 0 Å². The standard InChI is InChI=1S/C17H20ClNO5/c1-19(12-5-3-2-4-6-12)15(20)9-22-17(21)11-7-13(18)16-14(8-11)23-10-24-16/h7-8,12H,2-6,9-10H2,1H3. The number of fused-ring (bicyclic) bond motifs is 1. The summed E-state index contributed by atoms with van der Waals surface area (Å²) in [5.41, 5.74) is 0.234. The van der Waals surface area contributed by atoms with Gasteiger partial charge in [-0.05, 0) is 25.0 Å². The average molecular weight is 354 g/mol. The Morgan fingerprint density at radius 3 is 2.75 bits per heavy atom. The second kappa shape index (κ2) is 7.30. The highest BCUT2D eigenvalue weighted by Crippen LogP contribution is 2.39. The summed E-state index contributed by atoms with van der Waals surface area (Å²) in [6, 6.07) is 3.20. The smallest absolute Gasteiger partial charge is 0.338 e. The number of carbonyl (C=O) groups is 2. The second-order valence-corrected chi connectivity index (χ2v) is 6.47. The Labute approximate surface area is 145 Å². The number of esters is 1. The Bertz CT molecular complexity index is 642. The number of ether oxygens (including phenoxy) is 3. The maximum Gasteiger partial charge on any atom is 0.338 e. The SMILES string of the molecule is CN(C(=O)COC(=O)c1cc(Cl)c2c(c1)OCO2)C1CCCCC1. The lowest BCUT2D eigenvalue weighted by atomic mass is 9.94. The third-order valence-corrected chi connectivity index (χ3v) is 4.79. The van der Waals surface area contributed by atoms with Crippen molar-refractivity contribution in [3.05, 3.63) is 22.7 Å². The summed E-state index contributed by atoms with van der Waals surface area (Å²) in [6.45, 7) is -0.212. The number of carbonyl (C=O) groups excluding carboxylic acids is 2. The predicted molar refractivity (Wildman–Crippen MR) is 87.5 cm³/mol. The maximum atomic E-state index is 12.2. The predicted octanol–water partition coefficient (Wildman–Crippen LogP) is 3.02. The fourth-order valence-corrected chi connectivity index (χ4v) is 3.33. The molecule has 0 radical (unpaired) electrons. The lowest BCUT2D eigenvalue weighted by Crippen LogP contribution is -2.40. The van der Waals surface area contributed by atoms with Crippen LogP contribution >= 0.6 is 11.6 Å². The fourth-order valence-electron chi connectivity index (χ4n) is 3.07. The normalized spacial score (nSPS) is 16.8. The van der Waals surface area contributed by atoms with Gasteiger partial charge < -0.3 is 19.1 Å². The summed E-state index contributed by atoms with van der Waals surface area (Å²) in [5.74, 6) is 0.0177. The van der Waals surface area contributed by atoms with Crippen LogP contribution in [0.4, 0.5) is 0 Å². The summed E-state index contributed by atoms with van der Waals surface area (Å²) >= 11 is 6.05. The first-order chi connectivity index (χ1) is 11.6. The topological polar surface area (TPSA) is 65.1 Å². The zero-order valence-corrected chi connectivity index (χ0v) is 14.3. The van der Waals surface area contributed by atoms with Crippen molar-refractivity contribution in [3.8, 4) is 11.5 Å². The highest BCUT2D eigenvalue weighted by molar-refractivity contribution is 6.32. The number of halogens is 1. The summed E-state index contributed by atoms with van der Waals surface area (Å²) < 4.78 is 15.5. The van der Waals surface area contributed by atoms with Gasteiger partial charge in [-0.15, -0.1) is 0 Å². The third kappa shape index (κ3) is 3.59. The van der Waals surface area contributed by atoms with E-state index in [1.807, 2.05) is 0 Å². The molecule has 0 atom stereocenters. The highest BCUT2D eigenvalue weighted by Gasteiger charge is 2.24. The van der Waals surface area contributed by atoms with E-state index in [4.69, 9.17) is 25.8 Å². The number of hydrogen-bond acceptors (Lipinski definition) is 5. The van der Waals surface area contributed by atoms with Crippen molar-refractivity contribution in [2.24, 2.45) is 0 Å². The van der Waals surface area contributed by atoms with Gasteiger partial charge in [-0.1, -0.05) is 30.9 Å². The number of nitrogens with zero attached hydrogens (tertiary/aromatic N) is 1. The first-order valence-corrected chi connectivity index (χ1v) is 8.46. The van der Waals surface area contributed by atoms with E-state index in [0.29, 0.717) is 11.5 Å². The van der Waals surface area contributed by atoms with E-state index in [1.54, 1.807) is 11.9 Å². The zero-order chi connectivity index (χ0) is 17.1. The van der Waals surface area contributed by atoms with Gasteiger partial charge in [-0.2, -0.15) is 0 Å². The van der Waals surface area contributed by atoms with Gasteiger partial charge >= 0.3 is 5.97 Å². The van der Waals surface area contributed by atoms with E-state index in [2.05, 4.69) is 0 Å². The van der Waals surface area contributed by atoms with Gasteiger partial charge in [0.25, 0.3) is 5.91 Å². The van der Waals surface area contributed by atoms with Crippen molar-refractivity contribution in [1.82, 2.24) is 4.90 Å². The van der Waals surface area contributed by atoms with Crippen molar-refractivity contribution in [3.63, 3.8) is 0 Å². The first kappa shape index (κ1) is 16.9. The molecule has 7 heteroatoms. The first-order valence-electron chi connectivity index (χ1n) is 8.08. The number of likely N-dealkylation sites (N-methyl/N-ethyl adjacent to an activating group) is 1. The molecule has 1 aliphatic heterocycles. The van der Waals surface area contributed by atoms with Crippen molar-refractivity contribution in [1.29, 1.82) is 0 Å². The van der Waals surface area contributed by atoms with Crippen molar-refractivity contribution >= 4 is 23.5 Å². The van der Waals surface area contributed by atoms with Gasteiger partial charge in [-0.3, -0.25) is 4.79 Å². The molecule has 0 spiro atoms. The third-order valence-electron chi connectivity index (χ3n) is 4.51. The molecule has 24 heavy (non-hydrogen) atoms. The molecule has 0 unspecified atom stereocenters. The number of hydrogen-bond donors (Lipinski definition) is 0. The summed E-state index contributed by atoms with van der Waals surface area (Å²) in [5, 5.41) is 0.280. The fraction of sp³-hybridized carbons (Fsp3) is 0.529. The molecule has 0 aromatic heterocycles. The summed E-state index contributed by atoms with van der Waals surface area (Å²) in [6.07, 6.45) is 5.51. The molecule has 1 aliphatic carbocycles. The molecule has 1 heterocycles. The molecule has 3 rings (SSSR count). The quantitative estimate of drug-likeness (QED) is 0.778. The van der Waals surface area contributed by atoms with Crippen molar-refractivity contribution in [2.75, 3.05) is 20.4 Å². The largest absolute Gasteiger partial charge is 0.454 e. The Hall–Kier alpha value is -1.95. The van der Waals surface area contributed by atoms with E-state index < -0.39 is 5.97 Å². The summed E-state index contributed by atoms with van der Waals surface area (Å²) in [4.78, 5) is 26.1. The van der Waals surface area contributed by atoms with E-state index in [9.17, 15) is 9.59 Å². The van der Waals surface area contributed by atoms with Crippen molar-refractivity contribution < 1.29 is 23.8 Å². The molecule has 0 bridgehead atoms. The molecule has 130 valence electrons. The minimum Gasteiger partial charge on any atom is -0.454 e. The molecule has 0 N–H and O–H groups in total. The monoisotopic (exact) mass is 353 g/mol. The minimum absolute atomic E-state index is 0.0677. The Morgan fingerprint density at radius 2 is 2.00 bits per heavy atom. The molecule has 1 amide bonds. The molecular formula is C17H20ClNO5. The molecule has 0 saturated heterocycles. The zero-order valence-electron chi connectivity index (χ0n) is 13.5. The molecule has 1 saturated carbocycles.